The summed E-state index contributed by atoms with van der Waals surface area (Å²) in [6.07, 6.45) is 3.30. The van der Waals surface area contributed by atoms with Gasteiger partial charge < -0.3 is 16.3 Å². The fraction of sp³-hybridized carbons (Fsp3) is 0.600. The van der Waals surface area contributed by atoms with Gasteiger partial charge in [0.25, 0.3) is 0 Å². The second-order valence-electron chi connectivity index (χ2n) is 3.69. The third kappa shape index (κ3) is 3.79. The van der Waals surface area contributed by atoms with Crippen LogP contribution in [-0.4, -0.2) is 22.1 Å². The van der Waals surface area contributed by atoms with Crippen molar-refractivity contribution in [2.24, 2.45) is 10.9 Å². The molecule has 0 bridgehead atoms. The van der Waals surface area contributed by atoms with E-state index in [-0.39, 0.29) is 17.9 Å². The highest BCUT2D eigenvalue weighted by atomic mass is 32.1. The lowest BCUT2D eigenvalue weighted by Crippen LogP contribution is -2.34. The van der Waals surface area contributed by atoms with Crippen LogP contribution in [0.3, 0.4) is 0 Å². The number of nitrogens with zero attached hydrogens (tertiary/aromatic N) is 2. The summed E-state index contributed by atoms with van der Waals surface area (Å²) < 4.78 is 0. The van der Waals surface area contributed by atoms with E-state index in [1.165, 1.54) is 0 Å². The van der Waals surface area contributed by atoms with Crippen LogP contribution in [0.15, 0.2) is 16.7 Å². The van der Waals surface area contributed by atoms with Crippen LogP contribution in [-0.2, 0) is 0 Å². The number of oxime groups is 1. The number of nitrogens with one attached hydrogen (secondary N) is 1. The van der Waals surface area contributed by atoms with Crippen LogP contribution in [0.1, 0.15) is 37.7 Å². The van der Waals surface area contributed by atoms with Gasteiger partial charge in [0.2, 0.25) is 0 Å². The van der Waals surface area contributed by atoms with Crippen molar-refractivity contribution in [3.05, 3.63) is 16.6 Å². The summed E-state index contributed by atoms with van der Waals surface area (Å²) in [7, 11) is 0. The van der Waals surface area contributed by atoms with E-state index in [1.54, 1.807) is 17.5 Å². The molecular formula is C10H18N4OS. The Morgan fingerprint density at radius 1 is 1.75 bits per heavy atom. The van der Waals surface area contributed by atoms with Gasteiger partial charge in [-0.25, -0.2) is 4.98 Å². The molecule has 0 saturated heterocycles. The summed E-state index contributed by atoms with van der Waals surface area (Å²) >= 11 is 1.64. The molecule has 1 aromatic rings. The number of hydrogen-bond acceptors (Lipinski definition) is 5. The molecule has 0 fully saturated rings. The molecule has 1 aromatic heterocycles. The molecule has 0 amide bonds. The fourth-order valence-electron chi connectivity index (χ4n) is 1.53. The van der Waals surface area contributed by atoms with Gasteiger partial charge >= 0.3 is 0 Å². The maximum absolute atomic E-state index is 8.48. The van der Waals surface area contributed by atoms with Crippen LogP contribution in [0.2, 0.25) is 0 Å². The van der Waals surface area contributed by atoms with Crippen LogP contribution in [0.5, 0.6) is 0 Å². The van der Waals surface area contributed by atoms with E-state index >= 15 is 0 Å². The Kier molecular flexibility index (Phi) is 5.21. The first-order chi connectivity index (χ1) is 7.67. The van der Waals surface area contributed by atoms with Crippen LogP contribution in [0.25, 0.3) is 0 Å². The number of amidine groups is 1. The normalized spacial score (nSPS) is 16.0. The molecule has 0 aliphatic carbocycles. The predicted octanol–water partition coefficient (Wildman–Crippen LogP) is 1.71. The van der Waals surface area contributed by atoms with E-state index in [0.717, 1.165) is 11.4 Å². The van der Waals surface area contributed by atoms with Gasteiger partial charge in [-0.05, 0) is 13.3 Å². The molecule has 4 N–H and O–H groups in total. The summed E-state index contributed by atoms with van der Waals surface area (Å²) in [5, 5.41) is 17.9. The van der Waals surface area contributed by atoms with E-state index < -0.39 is 0 Å². The second kappa shape index (κ2) is 6.44. The first-order valence-corrected chi connectivity index (χ1v) is 6.17. The van der Waals surface area contributed by atoms with E-state index in [9.17, 15) is 0 Å². The molecule has 0 aliphatic rings. The molecule has 0 radical (unpaired) electrons. The minimum Gasteiger partial charge on any atom is -0.409 e. The summed E-state index contributed by atoms with van der Waals surface area (Å²) in [4.78, 5) is 4.28. The Balaban J connectivity index is 2.51. The van der Waals surface area contributed by atoms with Gasteiger partial charge in [-0.2, -0.15) is 0 Å². The summed E-state index contributed by atoms with van der Waals surface area (Å²) in [5.41, 5.74) is 5.46. The number of nitrogens with two attached hydrogens (primary N) is 1. The van der Waals surface area contributed by atoms with Gasteiger partial charge in [0.05, 0.1) is 6.04 Å². The topological polar surface area (TPSA) is 83.5 Å². The van der Waals surface area contributed by atoms with Gasteiger partial charge in [-0.1, -0.05) is 12.1 Å². The zero-order valence-corrected chi connectivity index (χ0v) is 10.4. The molecule has 5 nitrogen and oxygen atoms in total. The van der Waals surface area contributed by atoms with Crippen LogP contribution in [0, 0.1) is 0 Å². The average Bonchev–Trinajstić information content (AvgIpc) is 2.79. The number of thiazole rings is 1. The SMILES string of the molecule is CCC(NC(C)CC(N)=NO)c1nccs1. The number of hydrogen-bond donors (Lipinski definition) is 3. The zero-order chi connectivity index (χ0) is 12.0. The van der Waals surface area contributed by atoms with Gasteiger partial charge in [0, 0.05) is 24.0 Å². The molecule has 0 aromatic carbocycles. The molecule has 2 atom stereocenters. The maximum Gasteiger partial charge on any atom is 0.140 e. The van der Waals surface area contributed by atoms with Crippen molar-refractivity contribution in [1.29, 1.82) is 0 Å². The standard InChI is InChI=1S/C10H18N4OS/c1-3-8(10-12-4-5-16-10)13-7(2)6-9(11)14-15/h4-5,7-8,13,15H,3,6H2,1-2H3,(H2,11,14). The van der Waals surface area contributed by atoms with Crippen molar-refractivity contribution in [1.82, 2.24) is 10.3 Å². The molecule has 16 heavy (non-hydrogen) atoms. The van der Waals surface area contributed by atoms with Crippen LogP contribution in [0.4, 0.5) is 0 Å². The summed E-state index contributed by atoms with van der Waals surface area (Å²) in [5.74, 6) is 0.244. The van der Waals surface area contributed by atoms with Crippen molar-refractivity contribution in [2.75, 3.05) is 0 Å². The first-order valence-electron chi connectivity index (χ1n) is 5.29. The Morgan fingerprint density at radius 2 is 2.50 bits per heavy atom. The zero-order valence-electron chi connectivity index (χ0n) is 9.55. The monoisotopic (exact) mass is 242 g/mol. The minimum absolute atomic E-state index is 0.157. The molecule has 0 spiro atoms. The van der Waals surface area contributed by atoms with Crippen LogP contribution >= 0.6 is 11.3 Å². The summed E-state index contributed by atoms with van der Waals surface area (Å²) in [6.45, 7) is 4.11. The van der Waals surface area contributed by atoms with Crippen molar-refractivity contribution in [3.63, 3.8) is 0 Å². The number of rotatable bonds is 6. The second-order valence-corrected chi connectivity index (χ2v) is 4.62. The lowest BCUT2D eigenvalue weighted by Gasteiger charge is -2.20. The Labute approximate surface area is 99.4 Å². The van der Waals surface area contributed by atoms with Crippen LogP contribution < -0.4 is 11.1 Å². The Hall–Kier alpha value is -1.14. The van der Waals surface area contributed by atoms with E-state index in [0.29, 0.717) is 6.42 Å². The first kappa shape index (κ1) is 12.9. The van der Waals surface area contributed by atoms with Gasteiger partial charge in [-0.15, -0.1) is 11.3 Å². The van der Waals surface area contributed by atoms with E-state index in [2.05, 4.69) is 22.4 Å². The third-order valence-electron chi connectivity index (χ3n) is 2.29. The smallest absolute Gasteiger partial charge is 0.140 e. The lowest BCUT2D eigenvalue weighted by molar-refractivity contribution is 0.315. The van der Waals surface area contributed by atoms with Crippen molar-refractivity contribution < 1.29 is 5.21 Å². The highest BCUT2D eigenvalue weighted by Gasteiger charge is 2.15. The van der Waals surface area contributed by atoms with Gasteiger partial charge in [0.1, 0.15) is 10.8 Å². The largest absolute Gasteiger partial charge is 0.409 e. The average molecular weight is 242 g/mol. The lowest BCUT2D eigenvalue weighted by atomic mass is 10.1. The molecule has 1 rings (SSSR count). The fourth-order valence-corrected chi connectivity index (χ4v) is 2.31. The predicted molar refractivity (Wildman–Crippen MR) is 65.8 cm³/mol. The summed E-state index contributed by atoms with van der Waals surface area (Å²) in [6, 6.07) is 0.395. The van der Waals surface area contributed by atoms with Crippen molar-refractivity contribution >= 4 is 17.2 Å². The quantitative estimate of drug-likeness (QED) is 0.307. The molecule has 6 heteroatoms. The molecule has 2 unspecified atom stereocenters. The Morgan fingerprint density at radius 3 is 3.00 bits per heavy atom. The molecule has 90 valence electrons. The Bertz CT molecular complexity index is 326. The maximum atomic E-state index is 8.48. The van der Waals surface area contributed by atoms with Crippen molar-refractivity contribution in [2.45, 2.75) is 38.8 Å². The number of aromatic nitrogens is 1. The van der Waals surface area contributed by atoms with Crippen molar-refractivity contribution in [3.8, 4) is 0 Å². The molecule has 0 aliphatic heterocycles. The van der Waals surface area contributed by atoms with E-state index in [1.807, 2.05) is 12.3 Å². The molecule has 0 saturated carbocycles. The molecular weight excluding hydrogens is 224 g/mol. The van der Waals surface area contributed by atoms with E-state index in [4.69, 9.17) is 10.9 Å². The molecule has 1 heterocycles. The van der Waals surface area contributed by atoms with Gasteiger partial charge in [-0.3, -0.25) is 0 Å². The highest BCUT2D eigenvalue weighted by Crippen LogP contribution is 2.19. The van der Waals surface area contributed by atoms with Gasteiger partial charge in [0.15, 0.2) is 0 Å². The highest BCUT2D eigenvalue weighted by molar-refractivity contribution is 7.09. The minimum atomic E-state index is 0.157. The third-order valence-corrected chi connectivity index (χ3v) is 3.18.